The minimum atomic E-state index is -0.256. The van der Waals surface area contributed by atoms with E-state index in [9.17, 15) is 4.79 Å². The number of amides is 1. The Morgan fingerprint density at radius 2 is 1.96 bits per heavy atom. The van der Waals surface area contributed by atoms with Crippen LogP contribution < -0.4 is 4.74 Å². The van der Waals surface area contributed by atoms with Crippen molar-refractivity contribution in [3.05, 3.63) is 89.9 Å². The lowest BCUT2D eigenvalue weighted by Gasteiger charge is -2.21. The molecule has 2 aromatic carbocycles. The molecule has 4 rings (SSSR count). The van der Waals surface area contributed by atoms with Crippen LogP contribution in [0.25, 0.3) is 0 Å². The van der Waals surface area contributed by atoms with Gasteiger partial charge < -0.3 is 9.15 Å². The van der Waals surface area contributed by atoms with Gasteiger partial charge in [-0.25, -0.2) is 5.01 Å². The lowest BCUT2D eigenvalue weighted by Crippen LogP contribution is -2.26. The predicted molar refractivity (Wildman–Crippen MR) is 98.2 cm³/mol. The zero-order valence-corrected chi connectivity index (χ0v) is 14.3. The largest absolute Gasteiger partial charge is 0.497 e. The van der Waals surface area contributed by atoms with E-state index in [2.05, 4.69) is 5.10 Å². The SMILES string of the molecule is COc1cccc([C@H]2CC(c3ccccc3)=NN2C(=O)c2ccco2)c1. The van der Waals surface area contributed by atoms with Crippen molar-refractivity contribution in [1.29, 1.82) is 0 Å². The Balaban J connectivity index is 1.73. The molecule has 0 radical (unpaired) electrons. The van der Waals surface area contributed by atoms with Crippen molar-refractivity contribution in [2.24, 2.45) is 5.10 Å². The molecule has 0 saturated heterocycles. The van der Waals surface area contributed by atoms with Crippen LogP contribution in [0.5, 0.6) is 5.75 Å². The average molecular weight is 346 g/mol. The average Bonchev–Trinajstić information content (AvgIpc) is 3.38. The number of nitrogens with zero attached hydrogens (tertiary/aromatic N) is 2. The zero-order valence-electron chi connectivity index (χ0n) is 14.3. The number of rotatable bonds is 4. The van der Waals surface area contributed by atoms with Gasteiger partial charge in [-0.1, -0.05) is 42.5 Å². The second-order valence-corrected chi connectivity index (χ2v) is 6.04. The quantitative estimate of drug-likeness (QED) is 0.708. The van der Waals surface area contributed by atoms with E-state index >= 15 is 0 Å². The minimum absolute atomic E-state index is 0.210. The summed E-state index contributed by atoms with van der Waals surface area (Å²) >= 11 is 0. The summed E-state index contributed by atoms with van der Waals surface area (Å²) in [5.74, 6) is 0.769. The lowest BCUT2D eigenvalue weighted by molar-refractivity contribution is 0.0678. The van der Waals surface area contributed by atoms with Gasteiger partial charge in [0, 0.05) is 6.42 Å². The first-order chi connectivity index (χ1) is 12.8. The summed E-state index contributed by atoms with van der Waals surface area (Å²) in [5, 5.41) is 6.14. The Hall–Kier alpha value is -3.34. The molecule has 1 atom stereocenters. The van der Waals surface area contributed by atoms with Crippen LogP contribution in [0.1, 0.15) is 34.1 Å². The van der Waals surface area contributed by atoms with Crippen molar-refractivity contribution >= 4 is 11.6 Å². The van der Waals surface area contributed by atoms with Crippen LogP contribution in [-0.2, 0) is 0 Å². The summed E-state index contributed by atoms with van der Waals surface area (Å²) in [7, 11) is 1.63. The molecule has 0 fully saturated rings. The second-order valence-electron chi connectivity index (χ2n) is 6.04. The van der Waals surface area contributed by atoms with E-state index in [4.69, 9.17) is 9.15 Å². The van der Waals surface area contributed by atoms with Gasteiger partial charge >= 0.3 is 5.91 Å². The number of hydrogen-bond donors (Lipinski definition) is 0. The molecule has 0 unspecified atom stereocenters. The van der Waals surface area contributed by atoms with Gasteiger partial charge in [0.2, 0.25) is 0 Å². The third kappa shape index (κ3) is 2.99. The van der Waals surface area contributed by atoms with Gasteiger partial charge in [-0.05, 0) is 35.4 Å². The molecule has 5 nitrogen and oxygen atoms in total. The van der Waals surface area contributed by atoms with Crippen molar-refractivity contribution in [2.75, 3.05) is 7.11 Å². The number of furan rings is 1. The highest BCUT2D eigenvalue weighted by atomic mass is 16.5. The number of methoxy groups -OCH3 is 1. The monoisotopic (exact) mass is 346 g/mol. The molecule has 1 aliphatic rings. The molecule has 0 N–H and O–H groups in total. The Labute approximate surface area is 151 Å². The van der Waals surface area contributed by atoms with Crippen LogP contribution >= 0.6 is 0 Å². The fourth-order valence-corrected chi connectivity index (χ4v) is 3.12. The van der Waals surface area contributed by atoms with Crippen LogP contribution in [0.4, 0.5) is 0 Å². The van der Waals surface area contributed by atoms with Crippen LogP contribution in [0.15, 0.2) is 82.5 Å². The molecule has 1 aromatic heterocycles. The summed E-state index contributed by atoms with van der Waals surface area (Å²) < 4.78 is 10.6. The van der Waals surface area contributed by atoms with Crippen molar-refractivity contribution in [3.63, 3.8) is 0 Å². The van der Waals surface area contributed by atoms with E-state index < -0.39 is 0 Å². The van der Waals surface area contributed by atoms with Crippen LogP contribution in [0, 0.1) is 0 Å². The zero-order chi connectivity index (χ0) is 17.9. The smallest absolute Gasteiger partial charge is 0.310 e. The van der Waals surface area contributed by atoms with Crippen molar-refractivity contribution in [1.82, 2.24) is 5.01 Å². The van der Waals surface area contributed by atoms with Crippen molar-refractivity contribution in [3.8, 4) is 5.75 Å². The maximum absolute atomic E-state index is 12.9. The van der Waals surface area contributed by atoms with Crippen LogP contribution in [0.3, 0.4) is 0 Å². The fraction of sp³-hybridized carbons (Fsp3) is 0.143. The first-order valence-corrected chi connectivity index (χ1v) is 8.40. The molecule has 26 heavy (non-hydrogen) atoms. The molecule has 0 bridgehead atoms. The van der Waals surface area contributed by atoms with E-state index in [0.29, 0.717) is 6.42 Å². The van der Waals surface area contributed by atoms with Crippen molar-refractivity contribution < 1.29 is 13.9 Å². The molecule has 2 heterocycles. The molecular formula is C21H18N2O3. The number of hydrazone groups is 1. The number of carbonyl (C=O) groups excluding carboxylic acids is 1. The number of hydrogen-bond acceptors (Lipinski definition) is 4. The molecule has 5 heteroatoms. The fourth-order valence-electron chi connectivity index (χ4n) is 3.12. The van der Waals surface area contributed by atoms with E-state index in [1.807, 2.05) is 54.6 Å². The second kappa shape index (κ2) is 6.88. The van der Waals surface area contributed by atoms with Gasteiger partial charge in [-0.2, -0.15) is 5.10 Å². The van der Waals surface area contributed by atoms with Crippen LogP contribution in [-0.4, -0.2) is 23.7 Å². The molecule has 3 aromatic rings. The standard InChI is InChI=1S/C21H18N2O3/c1-25-17-10-5-9-16(13-17)19-14-18(15-7-3-2-4-8-15)22-23(19)21(24)20-11-6-12-26-20/h2-13,19H,14H2,1H3/t19-/m1/s1. The van der Waals surface area contributed by atoms with Crippen molar-refractivity contribution in [2.45, 2.75) is 12.5 Å². The molecule has 0 saturated carbocycles. The Kier molecular flexibility index (Phi) is 4.27. The van der Waals surface area contributed by atoms with Crippen LogP contribution in [0.2, 0.25) is 0 Å². The molecule has 130 valence electrons. The molecule has 0 aliphatic carbocycles. The minimum Gasteiger partial charge on any atom is -0.497 e. The first-order valence-electron chi connectivity index (χ1n) is 8.40. The number of ether oxygens (including phenoxy) is 1. The van der Waals surface area contributed by atoms with E-state index in [1.165, 1.54) is 11.3 Å². The maximum atomic E-state index is 12.9. The molecular weight excluding hydrogens is 328 g/mol. The Morgan fingerprint density at radius 1 is 1.12 bits per heavy atom. The molecule has 0 spiro atoms. The van der Waals surface area contributed by atoms with Gasteiger partial charge in [0.05, 0.1) is 25.1 Å². The third-order valence-electron chi connectivity index (χ3n) is 4.44. The topological polar surface area (TPSA) is 55.0 Å². The summed E-state index contributed by atoms with van der Waals surface area (Å²) in [5.41, 5.74) is 2.85. The number of benzene rings is 2. The highest BCUT2D eigenvalue weighted by Gasteiger charge is 2.34. The van der Waals surface area contributed by atoms with Gasteiger partial charge in [-0.15, -0.1) is 0 Å². The van der Waals surface area contributed by atoms with E-state index in [1.54, 1.807) is 19.2 Å². The summed E-state index contributed by atoms with van der Waals surface area (Å²) in [6.45, 7) is 0. The maximum Gasteiger partial charge on any atom is 0.310 e. The third-order valence-corrected chi connectivity index (χ3v) is 4.44. The van der Waals surface area contributed by atoms with Gasteiger partial charge in [0.25, 0.3) is 0 Å². The number of carbonyl (C=O) groups is 1. The summed E-state index contributed by atoms with van der Waals surface area (Å²) in [6, 6.07) is 20.8. The Morgan fingerprint density at radius 3 is 2.69 bits per heavy atom. The van der Waals surface area contributed by atoms with Gasteiger partial charge in [-0.3, -0.25) is 4.79 Å². The molecule has 1 aliphatic heterocycles. The summed E-state index contributed by atoms with van der Waals surface area (Å²) in [4.78, 5) is 12.9. The normalized spacial score (nSPS) is 16.4. The van der Waals surface area contributed by atoms with E-state index in [0.717, 1.165) is 22.6 Å². The highest BCUT2D eigenvalue weighted by Crippen LogP contribution is 2.35. The lowest BCUT2D eigenvalue weighted by atomic mass is 9.98. The highest BCUT2D eigenvalue weighted by molar-refractivity contribution is 6.04. The van der Waals surface area contributed by atoms with E-state index in [-0.39, 0.29) is 17.7 Å². The predicted octanol–water partition coefficient (Wildman–Crippen LogP) is 4.28. The first kappa shape index (κ1) is 16.1. The Bertz CT molecular complexity index is 933. The van der Waals surface area contributed by atoms with Gasteiger partial charge in [0.1, 0.15) is 5.75 Å². The molecule has 1 amide bonds. The summed E-state index contributed by atoms with van der Waals surface area (Å²) in [6.07, 6.45) is 2.12. The van der Waals surface area contributed by atoms with Gasteiger partial charge in [0.15, 0.2) is 5.76 Å².